The van der Waals surface area contributed by atoms with E-state index in [9.17, 15) is 4.79 Å². The first-order valence-electron chi connectivity index (χ1n) is 9.05. The van der Waals surface area contributed by atoms with Crippen LogP contribution in [-0.2, 0) is 21.5 Å². The fourth-order valence-corrected chi connectivity index (χ4v) is 3.01. The lowest BCUT2D eigenvalue weighted by Gasteiger charge is -2.25. The van der Waals surface area contributed by atoms with Gasteiger partial charge in [0.25, 0.3) is 0 Å². The number of anilines is 1. The Morgan fingerprint density at radius 1 is 1.04 bits per heavy atom. The van der Waals surface area contributed by atoms with Crippen LogP contribution in [0, 0.1) is 0 Å². The van der Waals surface area contributed by atoms with Gasteiger partial charge < -0.3 is 9.64 Å². The maximum Gasteiger partial charge on any atom is 0.307 e. The van der Waals surface area contributed by atoms with E-state index in [0.29, 0.717) is 19.6 Å². The van der Waals surface area contributed by atoms with Crippen molar-refractivity contribution < 1.29 is 9.53 Å². The van der Waals surface area contributed by atoms with E-state index in [1.165, 1.54) is 11.1 Å². The summed E-state index contributed by atoms with van der Waals surface area (Å²) in [5, 5.41) is 0. The van der Waals surface area contributed by atoms with E-state index in [4.69, 9.17) is 4.74 Å². The van der Waals surface area contributed by atoms with Gasteiger partial charge in [0.1, 0.15) is 0 Å². The number of ether oxygens (including phenoxy) is 1. The first-order chi connectivity index (χ1) is 12.3. The second-order valence-electron chi connectivity index (χ2n) is 7.40. The van der Waals surface area contributed by atoms with Crippen LogP contribution in [0.5, 0.6) is 0 Å². The van der Waals surface area contributed by atoms with Crippen LogP contribution >= 0.6 is 15.9 Å². The summed E-state index contributed by atoms with van der Waals surface area (Å²) in [7, 11) is 0. The molecule has 0 amide bonds. The number of nitrogens with zero attached hydrogens (tertiary/aromatic N) is 1. The lowest BCUT2D eigenvalue weighted by molar-refractivity contribution is -0.142. The first-order valence-corrected chi connectivity index (χ1v) is 9.84. The van der Waals surface area contributed by atoms with Crippen molar-refractivity contribution in [1.29, 1.82) is 0 Å². The summed E-state index contributed by atoms with van der Waals surface area (Å²) in [4.78, 5) is 14.0. The van der Waals surface area contributed by atoms with Crippen molar-refractivity contribution in [1.82, 2.24) is 0 Å². The molecule has 140 valence electrons. The van der Waals surface area contributed by atoms with E-state index < -0.39 is 0 Å². The zero-order chi connectivity index (χ0) is 19.2. The third kappa shape index (κ3) is 6.17. The second kappa shape index (κ2) is 9.22. The topological polar surface area (TPSA) is 29.5 Å². The van der Waals surface area contributed by atoms with Crippen molar-refractivity contribution in [3.63, 3.8) is 0 Å². The molecule has 0 N–H and O–H groups in total. The number of hydrogen-bond acceptors (Lipinski definition) is 3. The lowest BCUT2D eigenvalue weighted by Crippen LogP contribution is -2.26. The molecule has 0 heterocycles. The molecular weight excluding hydrogens is 390 g/mol. The lowest BCUT2D eigenvalue weighted by atomic mass is 9.87. The number of halogens is 1. The molecule has 2 aromatic rings. The van der Waals surface area contributed by atoms with E-state index in [-0.39, 0.29) is 11.4 Å². The standard InChI is InChI=1S/C22H28BrNO2/c1-5-26-21(25)14-15-24(20-12-10-19(23)11-13-20)16-17-6-8-18(9-7-17)22(2,3)4/h6-13H,5,14-16H2,1-4H3. The summed E-state index contributed by atoms with van der Waals surface area (Å²) < 4.78 is 6.12. The molecule has 2 rings (SSSR count). The van der Waals surface area contributed by atoms with E-state index in [1.807, 2.05) is 19.1 Å². The molecule has 0 aliphatic heterocycles. The van der Waals surface area contributed by atoms with E-state index in [1.54, 1.807) is 0 Å². The Morgan fingerprint density at radius 2 is 1.65 bits per heavy atom. The highest BCUT2D eigenvalue weighted by Gasteiger charge is 2.14. The van der Waals surface area contributed by atoms with Gasteiger partial charge in [-0.25, -0.2) is 0 Å². The van der Waals surface area contributed by atoms with Crippen LogP contribution < -0.4 is 4.90 Å². The largest absolute Gasteiger partial charge is 0.466 e. The monoisotopic (exact) mass is 417 g/mol. The van der Waals surface area contributed by atoms with Crippen LogP contribution in [-0.4, -0.2) is 19.1 Å². The van der Waals surface area contributed by atoms with Crippen LogP contribution in [0.3, 0.4) is 0 Å². The normalized spacial score (nSPS) is 11.3. The van der Waals surface area contributed by atoms with Crippen LogP contribution in [0.4, 0.5) is 5.69 Å². The summed E-state index contributed by atoms with van der Waals surface area (Å²) in [5.41, 5.74) is 3.79. The Kier molecular flexibility index (Phi) is 7.27. The molecule has 3 nitrogen and oxygen atoms in total. The first kappa shape index (κ1) is 20.5. The zero-order valence-electron chi connectivity index (χ0n) is 16.1. The minimum absolute atomic E-state index is 0.147. The molecule has 0 atom stereocenters. The Bertz CT molecular complexity index is 702. The molecule has 0 aromatic heterocycles. The van der Waals surface area contributed by atoms with Gasteiger partial charge in [-0.1, -0.05) is 61.0 Å². The van der Waals surface area contributed by atoms with Gasteiger partial charge in [0.15, 0.2) is 0 Å². The minimum Gasteiger partial charge on any atom is -0.466 e. The Balaban J connectivity index is 2.15. The zero-order valence-corrected chi connectivity index (χ0v) is 17.7. The molecule has 0 spiro atoms. The summed E-state index contributed by atoms with van der Waals surface area (Å²) in [5.74, 6) is -0.155. The average molecular weight is 418 g/mol. The van der Waals surface area contributed by atoms with Gasteiger partial charge in [0, 0.05) is 23.2 Å². The summed E-state index contributed by atoms with van der Waals surface area (Å²) in [6.45, 7) is 10.3. The highest BCUT2D eigenvalue weighted by molar-refractivity contribution is 9.10. The molecule has 4 heteroatoms. The molecule has 0 fully saturated rings. The minimum atomic E-state index is -0.155. The molecule has 26 heavy (non-hydrogen) atoms. The van der Waals surface area contributed by atoms with E-state index >= 15 is 0 Å². The quantitative estimate of drug-likeness (QED) is 0.540. The van der Waals surface area contributed by atoms with Crippen LogP contribution in [0.15, 0.2) is 53.0 Å². The summed E-state index contributed by atoms with van der Waals surface area (Å²) in [6.07, 6.45) is 0.379. The van der Waals surface area contributed by atoms with Gasteiger partial charge in [-0.3, -0.25) is 4.79 Å². The number of rotatable bonds is 7. The van der Waals surface area contributed by atoms with Crippen molar-refractivity contribution in [3.8, 4) is 0 Å². The fourth-order valence-electron chi connectivity index (χ4n) is 2.74. The van der Waals surface area contributed by atoms with Crippen molar-refractivity contribution >= 4 is 27.6 Å². The maximum absolute atomic E-state index is 11.8. The van der Waals surface area contributed by atoms with Crippen LogP contribution in [0.1, 0.15) is 45.2 Å². The molecule has 0 aliphatic rings. The SMILES string of the molecule is CCOC(=O)CCN(Cc1ccc(C(C)(C)C)cc1)c1ccc(Br)cc1. The van der Waals surface area contributed by atoms with Gasteiger partial charge >= 0.3 is 5.97 Å². The number of esters is 1. The van der Waals surface area contributed by atoms with Crippen LogP contribution in [0.25, 0.3) is 0 Å². The molecule has 0 unspecified atom stereocenters. The maximum atomic E-state index is 11.8. The van der Waals surface area contributed by atoms with Crippen molar-refractivity contribution in [2.24, 2.45) is 0 Å². The molecule has 2 aromatic carbocycles. The number of benzene rings is 2. The third-order valence-corrected chi connectivity index (χ3v) is 4.81. The van der Waals surface area contributed by atoms with Crippen molar-refractivity contribution in [2.45, 2.75) is 46.1 Å². The molecule has 0 bridgehead atoms. The molecule has 0 aliphatic carbocycles. The van der Waals surface area contributed by atoms with Crippen LogP contribution in [0.2, 0.25) is 0 Å². The van der Waals surface area contributed by atoms with E-state index in [0.717, 1.165) is 16.7 Å². The van der Waals surface area contributed by atoms with Gasteiger partial charge in [0.2, 0.25) is 0 Å². The third-order valence-electron chi connectivity index (χ3n) is 4.28. The molecule has 0 saturated carbocycles. The predicted octanol–water partition coefficient (Wildman–Crippen LogP) is 5.71. The van der Waals surface area contributed by atoms with Crippen molar-refractivity contribution in [2.75, 3.05) is 18.1 Å². The van der Waals surface area contributed by atoms with Gasteiger partial charge in [0.05, 0.1) is 13.0 Å². The number of carbonyl (C=O) groups is 1. The fraction of sp³-hybridized carbons (Fsp3) is 0.409. The Hall–Kier alpha value is -1.81. The highest BCUT2D eigenvalue weighted by Crippen LogP contribution is 2.24. The highest BCUT2D eigenvalue weighted by atomic mass is 79.9. The Labute approximate surface area is 165 Å². The average Bonchev–Trinajstić information content (AvgIpc) is 2.59. The molecule has 0 saturated heterocycles. The smallest absolute Gasteiger partial charge is 0.307 e. The number of hydrogen-bond donors (Lipinski definition) is 0. The summed E-state index contributed by atoms with van der Waals surface area (Å²) >= 11 is 3.48. The number of carbonyl (C=O) groups excluding carboxylic acids is 1. The van der Waals surface area contributed by atoms with E-state index in [2.05, 4.69) is 78.0 Å². The van der Waals surface area contributed by atoms with Gasteiger partial charge in [-0.15, -0.1) is 0 Å². The van der Waals surface area contributed by atoms with Gasteiger partial charge in [-0.2, -0.15) is 0 Å². The summed E-state index contributed by atoms with van der Waals surface area (Å²) in [6, 6.07) is 16.9. The second-order valence-corrected chi connectivity index (χ2v) is 8.32. The Morgan fingerprint density at radius 3 is 2.19 bits per heavy atom. The molecular formula is C22H28BrNO2. The predicted molar refractivity (Wildman–Crippen MR) is 112 cm³/mol. The van der Waals surface area contributed by atoms with Gasteiger partial charge in [-0.05, 0) is 47.7 Å². The van der Waals surface area contributed by atoms with Crippen molar-refractivity contribution in [3.05, 3.63) is 64.1 Å². The molecule has 0 radical (unpaired) electrons.